The van der Waals surface area contributed by atoms with Crippen LogP contribution < -0.4 is 14.8 Å². The van der Waals surface area contributed by atoms with Crippen LogP contribution in [0.3, 0.4) is 0 Å². The molecule has 28 heavy (non-hydrogen) atoms. The van der Waals surface area contributed by atoms with Crippen LogP contribution in [0.2, 0.25) is 0 Å². The van der Waals surface area contributed by atoms with Crippen molar-refractivity contribution in [2.24, 2.45) is 0 Å². The fourth-order valence-electron chi connectivity index (χ4n) is 3.23. The SMILES string of the molecule is CC(CNc1cccc(OCC2CCCO2)c1)Oc1ccc(C(C)(C)C)cc1. The average molecular weight is 384 g/mol. The molecule has 0 spiro atoms. The molecule has 0 saturated carbocycles. The van der Waals surface area contributed by atoms with E-state index in [0.717, 1.165) is 43.2 Å². The molecule has 0 radical (unpaired) electrons. The molecule has 3 rings (SSSR count). The summed E-state index contributed by atoms with van der Waals surface area (Å²) in [5, 5.41) is 3.43. The summed E-state index contributed by atoms with van der Waals surface area (Å²) in [5.74, 6) is 1.77. The summed E-state index contributed by atoms with van der Waals surface area (Å²) in [4.78, 5) is 0. The maximum absolute atomic E-state index is 6.04. The highest BCUT2D eigenvalue weighted by Crippen LogP contribution is 2.25. The van der Waals surface area contributed by atoms with Crippen LogP contribution in [0.25, 0.3) is 0 Å². The van der Waals surface area contributed by atoms with Gasteiger partial charge in [0.15, 0.2) is 0 Å². The Labute approximate surface area is 169 Å². The van der Waals surface area contributed by atoms with E-state index in [9.17, 15) is 0 Å². The highest BCUT2D eigenvalue weighted by atomic mass is 16.5. The van der Waals surface area contributed by atoms with Crippen LogP contribution >= 0.6 is 0 Å². The molecule has 0 bridgehead atoms. The number of rotatable bonds is 8. The molecule has 1 N–H and O–H groups in total. The molecule has 1 heterocycles. The first kappa shape index (κ1) is 20.5. The number of benzene rings is 2. The van der Waals surface area contributed by atoms with Gasteiger partial charge in [-0.25, -0.2) is 0 Å². The Morgan fingerprint density at radius 3 is 2.57 bits per heavy atom. The Hall–Kier alpha value is -2.20. The van der Waals surface area contributed by atoms with Gasteiger partial charge in [0, 0.05) is 18.4 Å². The quantitative estimate of drug-likeness (QED) is 0.660. The second-order valence-electron chi connectivity index (χ2n) is 8.56. The van der Waals surface area contributed by atoms with Gasteiger partial charge < -0.3 is 19.5 Å². The first-order valence-corrected chi connectivity index (χ1v) is 10.3. The van der Waals surface area contributed by atoms with Gasteiger partial charge in [-0.15, -0.1) is 0 Å². The number of anilines is 1. The Bertz CT molecular complexity index is 730. The molecular formula is C24H33NO3. The minimum atomic E-state index is 0.0527. The summed E-state index contributed by atoms with van der Waals surface area (Å²) in [6, 6.07) is 16.5. The van der Waals surface area contributed by atoms with E-state index in [1.54, 1.807) is 0 Å². The van der Waals surface area contributed by atoms with Crippen molar-refractivity contribution in [3.63, 3.8) is 0 Å². The fraction of sp³-hybridized carbons (Fsp3) is 0.500. The second kappa shape index (κ2) is 9.33. The van der Waals surface area contributed by atoms with Crippen LogP contribution in [0.4, 0.5) is 5.69 Å². The minimum Gasteiger partial charge on any atom is -0.491 e. The highest BCUT2D eigenvalue weighted by Gasteiger charge is 2.16. The Balaban J connectivity index is 1.46. The van der Waals surface area contributed by atoms with Gasteiger partial charge in [0.25, 0.3) is 0 Å². The maximum Gasteiger partial charge on any atom is 0.121 e. The molecule has 4 heteroatoms. The number of hydrogen-bond donors (Lipinski definition) is 1. The molecule has 152 valence electrons. The lowest BCUT2D eigenvalue weighted by Gasteiger charge is -2.20. The van der Waals surface area contributed by atoms with Crippen LogP contribution in [0.15, 0.2) is 48.5 Å². The molecule has 2 aromatic carbocycles. The summed E-state index contributed by atoms with van der Waals surface area (Å²) in [5.41, 5.74) is 2.50. The van der Waals surface area contributed by atoms with Crippen molar-refractivity contribution >= 4 is 5.69 Å². The lowest BCUT2D eigenvalue weighted by Crippen LogP contribution is -2.22. The van der Waals surface area contributed by atoms with Gasteiger partial charge in [-0.05, 0) is 55.0 Å². The Kier molecular flexibility index (Phi) is 6.84. The molecule has 0 aliphatic carbocycles. The largest absolute Gasteiger partial charge is 0.491 e. The monoisotopic (exact) mass is 383 g/mol. The van der Waals surface area contributed by atoms with E-state index in [4.69, 9.17) is 14.2 Å². The molecular weight excluding hydrogens is 350 g/mol. The van der Waals surface area contributed by atoms with E-state index < -0.39 is 0 Å². The van der Waals surface area contributed by atoms with Crippen molar-refractivity contribution in [3.8, 4) is 11.5 Å². The van der Waals surface area contributed by atoms with Gasteiger partial charge in [0.05, 0.1) is 12.6 Å². The van der Waals surface area contributed by atoms with Gasteiger partial charge in [-0.1, -0.05) is 39.0 Å². The van der Waals surface area contributed by atoms with Crippen LogP contribution in [-0.4, -0.2) is 32.0 Å². The molecule has 2 aromatic rings. The molecule has 4 nitrogen and oxygen atoms in total. The van der Waals surface area contributed by atoms with Crippen molar-refractivity contribution in [1.29, 1.82) is 0 Å². The van der Waals surface area contributed by atoms with E-state index in [1.807, 2.05) is 24.3 Å². The van der Waals surface area contributed by atoms with Crippen molar-refractivity contribution in [2.75, 3.05) is 25.1 Å². The Morgan fingerprint density at radius 1 is 1.11 bits per heavy atom. The zero-order chi connectivity index (χ0) is 20.0. The van der Waals surface area contributed by atoms with Gasteiger partial charge in [-0.3, -0.25) is 0 Å². The van der Waals surface area contributed by atoms with Crippen LogP contribution in [0.5, 0.6) is 11.5 Å². The lowest BCUT2D eigenvalue weighted by molar-refractivity contribution is 0.0680. The van der Waals surface area contributed by atoms with Crippen LogP contribution in [0.1, 0.15) is 46.1 Å². The number of hydrogen-bond acceptors (Lipinski definition) is 4. The van der Waals surface area contributed by atoms with E-state index in [2.05, 4.69) is 57.3 Å². The lowest BCUT2D eigenvalue weighted by atomic mass is 9.87. The summed E-state index contributed by atoms with van der Waals surface area (Å²) in [7, 11) is 0. The number of nitrogens with one attached hydrogen (secondary N) is 1. The molecule has 2 atom stereocenters. The minimum absolute atomic E-state index is 0.0527. The van der Waals surface area contributed by atoms with E-state index >= 15 is 0 Å². The molecule has 0 amide bonds. The molecule has 1 aliphatic rings. The third-order valence-electron chi connectivity index (χ3n) is 4.95. The molecule has 1 fully saturated rings. The van der Waals surface area contributed by atoms with E-state index in [0.29, 0.717) is 6.61 Å². The Morgan fingerprint density at radius 2 is 1.89 bits per heavy atom. The van der Waals surface area contributed by atoms with Crippen LogP contribution in [-0.2, 0) is 10.2 Å². The second-order valence-corrected chi connectivity index (χ2v) is 8.56. The smallest absolute Gasteiger partial charge is 0.121 e. The number of ether oxygens (including phenoxy) is 3. The van der Waals surface area contributed by atoms with Crippen molar-refractivity contribution in [3.05, 3.63) is 54.1 Å². The van der Waals surface area contributed by atoms with Gasteiger partial charge in [-0.2, -0.15) is 0 Å². The predicted octanol–water partition coefficient (Wildman–Crippen LogP) is 5.42. The third kappa shape index (κ3) is 6.16. The van der Waals surface area contributed by atoms with E-state index in [1.165, 1.54) is 5.56 Å². The highest BCUT2D eigenvalue weighted by molar-refractivity contribution is 5.48. The summed E-state index contributed by atoms with van der Waals surface area (Å²) in [6.45, 7) is 10.9. The zero-order valence-electron chi connectivity index (χ0n) is 17.5. The standard InChI is InChI=1S/C24H33NO3/c1-18(28-21-12-10-19(11-13-21)24(2,3)4)16-25-20-7-5-8-22(15-20)27-17-23-9-6-14-26-23/h5,7-8,10-13,15,18,23,25H,6,9,14,16-17H2,1-4H3. The van der Waals surface area contributed by atoms with Crippen molar-refractivity contribution < 1.29 is 14.2 Å². The zero-order valence-corrected chi connectivity index (χ0v) is 17.5. The molecule has 1 saturated heterocycles. The van der Waals surface area contributed by atoms with Gasteiger partial charge >= 0.3 is 0 Å². The normalized spacial score (nSPS) is 17.9. The third-order valence-corrected chi connectivity index (χ3v) is 4.95. The predicted molar refractivity (Wildman–Crippen MR) is 115 cm³/mol. The molecule has 1 aliphatic heterocycles. The summed E-state index contributed by atoms with van der Waals surface area (Å²) < 4.78 is 17.5. The fourth-order valence-corrected chi connectivity index (χ4v) is 3.23. The maximum atomic E-state index is 6.04. The van der Waals surface area contributed by atoms with Crippen LogP contribution in [0, 0.1) is 0 Å². The van der Waals surface area contributed by atoms with Gasteiger partial charge in [0.1, 0.15) is 24.2 Å². The first-order valence-electron chi connectivity index (χ1n) is 10.3. The summed E-state index contributed by atoms with van der Waals surface area (Å²) >= 11 is 0. The molecule has 0 aromatic heterocycles. The van der Waals surface area contributed by atoms with Gasteiger partial charge in [0.2, 0.25) is 0 Å². The topological polar surface area (TPSA) is 39.7 Å². The van der Waals surface area contributed by atoms with Crippen molar-refractivity contribution in [1.82, 2.24) is 0 Å². The van der Waals surface area contributed by atoms with Crippen molar-refractivity contribution in [2.45, 2.75) is 58.2 Å². The first-order chi connectivity index (χ1) is 13.4. The molecule has 2 unspecified atom stereocenters. The summed E-state index contributed by atoms with van der Waals surface area (Å²) in [6.07, 6.45) is 2.50. The van der Waals surface area contributed by atoms with E-state index in [-0.39, 0.29) is 17.6 Å². The average Bonchev–Trinajstić information content (AvgIpc) is 3.18.